The number of amides is 1. The van der Waals surface area contributed by atoms with E-state index >= 15 is 0 Å². The van der Waals surface area contributed by atoms with E-state index in [1.807, 2.05) is 47.6 Å². The number of carbonyl (C=O) groups excluding carboxylic acids is 1. The number of H-pyrrole nitrogens is 1. The van der Waals surface area contributed by atoms with Crippen molar-refractivity contribution in [3.63, 3.8) is 0 Å². The first-order chi connectivity index (χ1) is 13.0. The summed E-state index contributed by atoms with van der Waals surface area (Å²) in [6, 6.07) is 7.62. The van der Waals surface area contributed by atoms with E-state index in [4.69, 9.17) is 5.73 Å². The number of piperidine rings is 1. The molecule has 2 saturated heterocycles. The number of hydrazine groups is 1. The molecule has 0 bridgehead atoms. The number of nitrogens with zero attached hydrogens (tertiary/aromatic N) is 2. The van der Waals surface area contributed by atoms with Crippen molar-refractivity contribution in [1.29, 1.82) is 0 Å². The van der Waals surface area contributed by atoms with Gasteiger partial charge in [0.15, 0.2) is 0 Å². The highest BCUT2D eigenvalue weighted by Gasteiger charge is 2.40. The van der Waals surface area contributed by atoms with Crippen LogP contribution in [0.3, 0.4) is 0 Å². The fourth-order valence-electron chi connectivity index (χ4n) is 4.67. The third-order valence-electron chi connectivity index (χ3n) is 6.16. The molecule has 2 aromatic rings. The van der Waals surface area contributed by atoms with Crippen molar-refractivity contribution in [2.75, 3.05) is 13.1 Å². The number of aromatic nitrogens is 2. The van der Waals surface area contributed by atoms with Crippen LogP contribution in [0.25, 0.3) is 11.0 Å². The monoisotopic (exact) mass is 372 g/mol. The van der Waals surface area contributed by atoms with Crippen molar-refractivity contribution >= 4 is 16.9 Å². The molecule has 1 aromatic heterocycles. The molecule has 8 nitrogen and oxygen atoms in total. The molecule has 2 aliphatic heterocycles. The molecule has 5 N–H and O–H groups in total. The van der Waals surface area contributed by atoms with Gasteiger partial charge in [-0.1, -0.05) is 12.1 Å². The highest BCUT2D eigenvalue weighted by atomic mass is 16.2. The highest BCUT2D eigenvalue weighted by molar-refractivity contribution is 5.82. The lowest BCUT2D eigenvalue weighted by molar-refractivity contribution is -0.135. The quantitative estimate of drug-likeness (QED) is 0.621. The van der Waals surface area contributed by atoms with Crippen LogP contribution in [0.1, 0.15) is 32.7 Å². The van der Waals surface area contributed by atoms with Gasteiger partial charge in [0, 0.05) is 37.1 Å². The number of hydrogen-bond donors (Lipinski definition) is 4. The van der Waals surface area contributed by atoms with Gasteiger partial charge in [0.1, 0.15) is 0 Å². The smallest absolute Gasteiger partial charge is 0.326 e. The summed E-state index contributed by atoms with van der Waals surface area (Å²) in [6.45, 7) is 5.34. The number of rotatable bonds is 3. The lowest BCUT2D eigenvalue weighted by Gasteiger charge is -2.36. The number of nitrogens with one attached hydrogen (secondary N) is 3. The van der Waals surface area contributed by atoms with Crippen LogP contribution >= 0.6 is 0 Å². The lowest BCUT2D eigenvalue weighted by atomic mass is 9.88. The Bertz CT molecular complexity index is 872. The minimum atomic E-state index is -0.523. The molecule has 3 unspecified atom stereocenters. The van der Waals surface area contributed by atoms with Crippen LogP contribution in [-0.4, -0.2) is 51.6 Å². The molecule has 8 heteroatoms. The van der Waals surface area contributed by atoms with Crippen LogP contribution < -0.4 is 22.3 Å². The minimum absolute atomic E-state index is 0.00826. The van der Waals surface area contributed by atoms with E-state index in [-0.39, 0.29) is 35.6 Å². The summed E-state index contributed by atoms with van der Waals surface area (Å²) in [6.07, 6.45) is 1.51. The molecule has 0 spiro atoms. The number of imidazole rings is 1. The molecule has 27 heavy (non-hydrogen) atoms. The zero-order valence-electron chi connectivity index (χ0n) is 15.8. The van der Waals surface area contributed by atoms with Crippen LogP contribution in [0, 0.1) is 5.92 Å². The van der Waals surface area contributed by atoms with Crippen molar-refractivity contribution < 1.29 is 4.79 Å². The number of benzene rings is 1. The van der Waals surface area contributed by atoms with Gasteiger partial charge in [-0.15, -0.1) is 0 Å². The summed E-state index contributed by atoms with van der Waals surface area (Å²) >= 11 is 0. The first kappa shape index (κ1) is 18.2. The van der Waals surface area contributed by atoms with Crippen molar-refractivity contribution in [3.05, 3.63) is 34.7 Å². The van der Waals surface area contributed by atoms with Crippen LogP contribution in [0.4, 0.5) is 0 Å². The second kappa shape index (κ2) is 7.10. The number of carbonyl (C=O) groups is 1. The number of para-hydroxylation sites is 2. The Labute approximate surface area is 158 Å². The molecule has 3 atom stereocenters. The average Bonchev–Trinajstić information content (AvgIpc) is 3.18. The first-order valence-corrected chi connectivity index (χ1v) is 9.72. The zero-order valence-corrected chi connectivity index (χ0v) is 15.8. The van der Waals surface area contributed by atoms with Crippen LogP contribution in [0.15, 0.2) is 29.1 Å². The Morgan fingerprint density at radius 1 is 1.15 bits per heavy atom. The Morgan fingerprint density at radius 2 is 1.78 bits per heavy atom. The van der Waals surface area contributed by atoms with Crippen molar-refractivity contribution in [3.8, 4) is 0 Å². The Hall–Kier alpha value is -2.16. The number of aromatic amines is 1. The van der Waals surface area contributed by atoms with E-state index in [1.165, 1.54) is 0 Å². The zero-order chi connectivity index (χ0) is 19.1. The molecule has 2 aliphatic rings. The van der Waals surface area contributed by atoms with E-state index in [9.17, 15) is 9.59 Å². The summed E-state index contributed by atoms with van der Waals surface area (Å²) in [5.74, 6) is 0.0698. The van der Waals surface area contributed by atoms with Gasteiger partial charge < -0.3 is 15.6 Å². The molecular formula is C19H28N6O2. The van der Waals surface area contributed by atoms with Crippen molar-refractivity contribution in [2.45, 2.75) is 50.9 Å². The highest BCUT2D eigenvalue weighted by Crippen LogP contribution is 2.26. The fraction of sp³-hybridized carbons (Fsp3) is 0.579. The molecule has 0 aliphatic carbocycles. The number of fused-ring (bicyclic) bond motifs is 1. The van der Waals surface area contributed by atoms with Crippen LogP contribution in [0.2, 0.25) is 0 Å². The summed E-state index contributed by atoms with van der Waals surface area (Å²) in [5.41, 5.74) is 14.4. The maximum Gasteiger partial charge on any atom is 0.326 e. The van der Waals surface area contributed by atoms with Gasteiger partial charge in [-0.05, 0) is 38.8 Å². The molecule has 0 saturated carbocycles. The summed E-state index contributed by atoms with van der Waals surface area (Å²) in [5, 5.41) is 0. The van der Waals surface area contributed by atoms with Gasteiger partial charge in [-0.3, -0.25) is 20.2 Å². The Balaban J connectivity index is 1.45. The summed E-state index contributed by atoms with van der Waals surface area (Å²) < 4.78 is 1.84. The fourth-order valence-corrected chi connectivity index (χ4v) is 4.67. The molecule has 1 aromatic carbocycles. The summed E-state index contributed by atoms with van der Waals surface area (Å²) in [4.78, 5) is 30.1. The molecule has 0 radical (unpaired) electrons. The summed E-state index contributed by atoms with van der Waals surface area (Å²) in [7, 11) is 0. The molecule has 3 heterocycles. The maximum absolute atomic E-state index is 12.9. The standard InChI is InChI=1S/C19H28N6O2/c1-11-16(12(2)23-22-11)17(20)18(26)24-9-7-13(8-10-24)25-15-6-4-3-5-14(15)21-19(25)27/h3-6,11-13,16-17,22-23H,7-10,20H2,1-2H3,(H,21,27). The molecule has 4 rings (SSSR count). The molecular weight excluding hydrogens is 344 g/mol. The Kier molecular flexibility index (Phi) is 4.79. The number of likely N-dealkylation sites (tertiary alicyclic amines) is 1. The van der Waals surface area contributed by atoms with Crippen molar-refractivity contribution in [2.24, 2.45) is 11.7 Å². The van der Waals surface area contributed by atoms with Crippen LogP contribution in [-0.2, 0) is 4.79 Å². The third-order valence-corrected chi connectivity index (χ3v) is 6.16. The molecule has 1 amide bonds. The van der Waals surface area contributed by atoms with E-state index < -0.39 is 6.04 Å². The van der Waals surface area contributed by atoms with Gasteiger partial charge in [-0.2, -0.15) is 0 Å². The largest absolute Gasteiger partial charge is 0.341 e. The Morgan fingerprint density at radius 3 is 2.44 bits per heavy atom. The second-order valence-corrected chi connectivity index (χ2v) is 7.84. The average molecular weight is 372 g/mol. The predicted molar refractivity (Wildman–Crippen MR) is 104 cm³/mol. The molecule has 146 valence electrons. The van der Waals surface area contributed by atoms with E-state index in [0.717, 1.165) is 23.9 Å². The number of hydrogen-bond acceptors (Lipinski definition) is 5. The topological polar surface area (TPSA) is 108 Å². The minimum Gasteiger partial charge on any atom is -0.341 e. The first-order valence-electron chi connectivity index (χ1n) is 9.72. The van der Waals surface area contributed by atoms with Gasteiger partial charge in [0.05, 0.1) is 17.1 Å². The predicted octanol–water partition coefficient (Wildman–Crippen LogP) is 0.321. The van der Waals surface area contributed by atoms with Crippen molar-refractivity contribution in [1.82, 2.24) is 25.3 Å². The van der Waals surface area contributed by atoms with E-state index in [2.05, 4.69) is 15.8 Å². The number of nitrogens with two attached hydrogens (primary N) is 1. The SMILES string of the molecule is CC1NNC(C)C1C(N)C(=O)N1CCC(n2c(=O)[nH]c3ccccc32)CC1. The van der Waals surface area contributed by atoms with Gasteiger partial charge in [0.2, 0.25) is 5.91 Å². The van der Waals surface area contributed by atoms with Gasteiger partial charge in [0.25, 0.3) is 0 Å². The van der Waals surface area contributed by atoms with Gasteiger partial charge in [-0.25, -0.2) is 4.79 Å². The normalized spacial score (nSPS) is 28.0. The lowest BCUT2D eigenvalue weighted by Crippen LogP contribution is -2.54. The van der Waals surface area contributed by atoms with Crippen LogP contribution in [0.5, 0.6) is 0 Å². The molecule has 2 fully saturated rings. The van der Waals surface area contributed by atoms with E-state index in [0.29, 0.717) is 13.1 Å². The third kappa shape index (κ3) is 3.18. The van der Waals surface area contributed by atoms with Gasteiger partial charge >= 0.3 is 5.69 Å². The van der Waals surface area contributed by atoms with E-state index in [1.54, 1.807) is 0 Å². The second-order valence-electron chi connectivity index (χ2n) is 7.84. The maximum atomic E-state index is 12.9.